The van der Waals surface area contributed by atoms with Gasteiger partial charge in [0.2, 0.25) is 5.91 Å². The maximum Gasteiger partial charge on any atom is 0.239 e. The third kappa shape index (κ3) is 5.32. The van der Waals surface area contributed by atoms with Gasteiger partial charge in [-0.15, -0.1) is 0 Å². The van der Waals surface area contributed by atoms with Crippen molar-refractivity contribution in [2.45, 2.75) is 62.8 Å². The number of benzene rings is 1. The van der Waals surface area contributed by atoms with E-state index in [4.69, 9.17) is 5.73 Å². The van der Waals surface area contributed by atoms with Crippen molar-refractivity contribution in [2.24, 2.45) is 17.6 Å². The van der Waals surface area contributed by atoms with E-state index in [9.17, 15) is 13.2 Å². The lowest BCUT2D eigenvalue weighted by Gasteiger charge is -2.38. The van der Waals surface area contributed by atoms with E-state index in [0.717, 1.165) is 44.1 Å². The van der Waals surface area contributed by atoms with Gasteiger partial charge < -0.3 is 10.6 Å². The molecule has 0 bridgehead atoms. The first-order chi connectivity index (χ1) is 12.9. The van der Waals surface area contributed by atoms with Crippen LogP contribution in [0.5, 0.6) is 0 Å². The van der Waals surface area contributed by atoms with Crippen molar-refractivity contribution in [3.63, 3.8) is 0 Å². The van der Waals surface area contributed by atoms with Gasteiger partial charge in [-0.3, -0.25) is 4.79 Å². The Bertz CT molecular complexity index is 723. The molecule has 2 fully saturated rings. The second-order valence-electron chi connectivity index (χ2n) is 8.38. The van der Waals surface area contributed by atoms with Crippen molar-refractivity contribution >= 4 is 15.7 Å². The summed E-state index contributed by atoms with van der Waals surface area (Å²) in [5.41, 5.74) is 7.12. The van der Waals surface area contributed by atoms with E-state index in [1.165, 1.54) is 6.42 Å². The highest BCUT2D eigenvalue weighted by atomic mass is 32.2. The fraction of sp³-hybridized carbons (Fsp3) is 0.667. The number of sulfone groups is 1. The van der Waals surface area contributed by atoms with Crippen LogP contribution in [-0.2, 0) is 20.4 Å². The molecule has 2 N–H and O–H groups in total. The average molecular weight is 393 g/mol. The van der Waals surface area contributed by atoms with E-state index in [-0.39, 0.29) is 29.2 Å². The van der Waals surface area contributed by atoms with Crippen LogP contribution in [0.4, 0.5) is 0 Å². The molecule has 0 aromatic heterocycles. The highest BCUT2D eigenvalue weighted by Crippen LogP contribution is 2.33. The smallest absolute Gasteiger partial charge is 0.239 e. The van der Waals surface area contributed by atoms with Gasteiger partial charge in [0.25, 0.3) is 0 Å². The Morgan fingerprint density at radius 3 is 2.30 bits per heavy atom. The summed E-state index contributed by atoms with van der Waals surface area (Å²) in [5, 5.41) is 0. The summed E-state index contributed by atoms with van der Waals surface area (Å²) in [6.45, 7) is 0. The fourth-order valence-corrected chi connectivity index (χ4v) is 6.22. The highest BCUT2D eigenvalue weighted by molar-refractivity contribution is 7.90. The molecule has 2 aliphatic carbocycles. The molecule has 0 saturated heterocycles. The van der Waals surface area contributed by atoms with E-state index < -0.39 is 15.9 Å². The predicted molar refractivity (Wildman–Crippen MR) is 108 cm³/mol. The molecule has 1 aromatic carbocycles. The molecular weight excluding hydrogens is 360 g/mol. The second-order valence-corrected chi connectivity index (χ2v) is 10.5. The van der Waals surface area contributed by atoms with Gasteiger partial charge in [-0.25, -0.2) is 8.42 Å². The fourth-order valence-electron chi connectivity index (χ4n) is 4.35. The Kier molecular flexibility index (Phi) is 6.58. The summed E-state index contributed by atoms with van der Waals surface area (Å²) in [7, 11) is -1.25. The summed E-state index contributed by atoms with van der Waals surface area (Å²) in [5.74, 6) is 0.757. The zero-order valence-corrected chi connectivity index (χ0v) is 17.0. The topological polar surface area (TPSA) is 80.5 Å². The lowest BCUT2D eigenvalue weighted by Crippen LogP contribution is -2.52. The molecular formula is C21H32N2O3S. The molecule has 1 aromatic rings. The molecule has 3 rings (SSSR count). The van der Waals surface area contributed by atoms with Crippen molar-refractivity contribution in [3.8, 4) is 0 Å². The Balaban J connectivity index is 1.47. The SMILES string of the molecule is CN(C(=O)[C@@H](N)C1CCC(CS(=O)(=O)Cc2ccccc2)CC1)C1CCC1. The Hall–Kier alpha value is -1.40. The maximum absolute atomic E-state index is 12.6. The number of rotatable bonds is 7. The van der Waals surface area contributed by atoms with Gasteiger partial charge in [0, 0.05) is 13.1 Å². The normalized spacial score (nSPS) is 24.8. The van der Waals surface area contributed by atoms with Crippen molar-refractivity contribution < 1.29 is 13.2 Å². The summed E-state index contributed by atoms with van der Waals surface area (Å²) >= 11 is 0. The van der Waals surface area contributed by atoms with Crippen LogP contribution in [0.25, 0.3) is 0 Å². The number of nitrogens with zero attached hydrogens (tertiary/aromatic N) is 1. The zero-order chi connectivity index (χ0) is 19.4. The van der Waals surface area contributed by atoms with Gasteiger partial charge in [0.15, 0.2) is 9.84 Å². The second kappa shape index (κ2) is 8.74. The quantitative estimate of drug-likeness (QED) is 0.774. The minimum absolute atomic E-state index is 0.0554. The van der Waals surface area contributed by atoms with Gasteiger partial charge >= 0.3 is 0 Å². The number of likely N-dealkylation sites (N-methyl/N-ethyl adjacent to an activating group) is 1. The van der Waals surface area contributed by atoms with Crippen molar-refractivity contribution in [1.29, 1.82) is 0 Å². The predicted octanol–water partition coefficient (Wildman–Crippen LogP) is 2.75. The summed E-state index contributed by atoms with van der Waals surface area (Å²) in [6.07, 6.45) is 6.73. The van der Waals surface area contributed by atoms with Crippen molar-refractivity contribution in [1.82, 2.24) is 4.90 Å². The number of carbonyl (C=O) groups excluding carboxylic acids is 1. The summed E-state index contributed by atoms with van der Waals surface area (Å²) < 4.78 is 25.0. The molecule has 0 radical (unpaired) electrons. The Morgan fingerprint density at radius 1 is 1.11 bits per heavy atom. The van der Waals surface area contributed by atoms with Gasteiger partial charge in [-0.05, 0) is 62.3 Å². The number of nitrogens with two attached hydrogens (primary N) is 1. The monoisotopic (exact) mass is 392 g/mol. The van der Waals surface area contributed by atoms with Gasteiger partial charge in [0.05, 0.1) is 17.5 Å². The van der Waals surface area contributed by atoms with Gasteiger partial charge in [0.1, 0.15) is 0 Å². The molecule has 0 unspecified atom stereocenters. The van der Waals surface area contributed by atoms with Crippen LogP contribution in [0.2, 0.25) is 0 Å². The molecule has 1 amide bonds. The first-order valence-electron chi connectivity index (χ1n) is 10.1. The number of hydrogen-bond acceptors (Lipinski definition) is 4. The van der Waals surface area contributed by atoms with Crippen LogP contribution in [-0.4, -0.2) is 44.1 Å². The van der Waals surface area contributed by atoms with Gasteiger partial charge in [-0.2, -0.15) is 0 Å². The van der Waals surface area contributed by atoms with Crippen LogP contribution in [0.3, 0.4) is 0 Å². The summed E-state index contributed by atoms with van der Waals surface area (Å²) in [6, 6.07) is 9.27. The molecule has 0 aliphatic heterocycles. The standard InChI is InChI=1S/C21H32N2O3S/c1-23(19-8-5-9-19)21(24)20(22)18-12-10-17(11-13-18)15-27(25,26)14-16-6-3-2-4-7-16/h2-4,6-7,17-20H,5,8-15,22H2,1H3/t17?,18?,20-/m0/s1. The van der Waals surface area contributed by atoms with Crippen molar-refractivity contribution in [3.05, 3.63) is 35.9 Å². The summed E-state index contributed by atoms with van der Waals surface area (Å²) in [4.78, 5) is 14.4. The highest BCUT2D eigenvalue weighted by Gasteiger charge is 2.35. The van der Waals surface area contributed by atoms with E-state index in [2.05, 4.69) is 0 Å². The number of hydrogen-bond donors (Lipinski definition) is 1. The van der Waals surface area contributed by atoms with Crippen LogP contribution >= 0.6 is 0 Å². The molecule has 1 atom stereocenters. The molecule has 0 spiro atoms. The van der Waals surface area contributed by atoms with Crippen LogP contribution in [0.15, 0.2) is 30.3 Å². The minimum atomic E-state index is -3.12. The largest absolute Gasteiger partial charge is 0.341 e. The molecule has 27 heavy (non-hydrogen) atoms. The lowest BCUT2D eigenvalue weighted by molar-refractivity contribution is -0.136. The van der Waals surface area contributed by atoms with Crippen LogP contribution in [0.1, 0.15) is 50.5 Å². The average Bonchev–Trinajstić information content (AvgIpc) is 2.59. The maximum atomic E-state index is 12.6. The Labute approximate surface area is 163 Å². The minimum Gasteiger partial charge on any atom is -0.341 e. The van der Waals surface area contributed by atoms with Crippen LogP contribution < -0.4 is 5.73 Å². The van der Waals surface area contributed by atoms with E-state index >= 15 is 0 Å². The zero-order valence-electron chi connectivity index (χ0n) is 16.2. The lowest BCUT2D eigenvalue weighted by atomic mass is 9.78. The van der Waals surface area contributed by atoms with Crippen molar-refractivity contribution in [2.75, 3.05) is 12.8 Å². The van der Waals surface area contributed by atoms with Crippen LogP contribution in [0, 0.1) is 11.8 Å². The van der Waals surface area contributed by atoms with E-state index in [1.807, 2.05) is 42.3 Å². The molecule has 2 aliphatic rings. The molecule has 0 heterocycles. The molecule has 150 valence electrons. The first-order valence-corrected chi connectivity index (χ1v) is 11.9. The third-order valence-corrected chi connectivity index (χ3v) is 8.13. The molecule has 6 heteroatoms. The van der Waals surface area contributed by atoms with E-state index in [0.29, 0.717) is 6.04 Å². The number of amides is 1. The Morgan fingerprint density at radius 2 is 1.74 bits per heavy atom. The molecule has 5 nitrogen and oxygen atoms in total. The third-order valence-electron chi connectivity index (χ3n) is 6.37. The number of carbonyl (C=O) groups is 1. The first kappa shape index (κ1) is 20.3. The van der Waals surface area contributed by atoms with E-state index in [1.54, 1.807) is 0 Å². The molecule has 2 saturated carbocycles. The van der Waals surface area contributed by atoms with Gasteiger partial charge in [-0.1, -0.05) is 30.3 Å².